The molecule has 0 radical (unpaired) electrons. The Kier molecular flexibility index (Phi) is 6.58. The van der Waals surface area contributed by atoms with Crippen LogP contribution in [-0.4, -0.2) is 43.7 Å². The van der Waals surface area contributed by atoms with Crippen molar-refractivity contribution in [2.75, 3.05) is 27.0 Å². The molecule has 1 aromatic rings. The van der Waals surface area contributed by atoms with Crippen molar-refractivity contribution in [3.8, 4) is 0 Å². The summed E-state index contributed by atoms with van der Waals surface area (Å²) in [6.45, 7) is 2.09. The third-order valence-corrected chi connectivity index (χ3v) is 3.63. The normalized spacial score (nSPS) is 11.8. The molecule has 1 rings (SSSR count). The summed E-state index contributed by atoms with van der Waals surface area (Å²) in [6.07, 6.45) is 2.04. The van der Waals surface area contributed by atoms with Gasteiger partial charge in [0.1, 0.15) is 0 Å². The van der Waals surface area contributed by atoms with Gasteiger partial charge in [0, 0.05) is 24.9 Å². The van der Waals surface area contributed by atoms with Crippen molar-refractivity contribution in [2.24, 2.45) is 5.92 Å². The number of rotatable bonds is 6. The monoisotopic (exact) mass is 295 g/mol. The maximum Gasteiger partial charge on any atom is 0.310 e. The second-order valence-electron chi connectivity index (χ2n) is 4.74. The number of thioether (sulfide) groups is 1. The first kappa shape index (κ1) is 16.6. The molecule has 0 fully saturated rings. The van der Waals surface area contributed by atoms with Gasteiger partial charge in [-0.3, -0.25) is 9.59 Å². The molecule has 0 aliphatic carbocycles. The molecule has 0 aromatic heterocycles. The van der Waals surface area contributed by atoms with E-state index in [1.807, 2.05) is 30.5 Å². The van der Waals surface area contributed by atoms with Crippen molar-refractivity contribution >= 4 is 23.6 Å². The summed E-state index contributed by atoms with van der Waals surface area (Å²) in [5, 5.41) is 0. The Hall–Kier alpha value is -1.49. The topological polar surface area (TPSA) is 46.6 Å². The van der Waals surface area contributed by atoms with Gasteiger partial charge >= 0.3 is 5.97 Å². The molecular weight excluding hydrogens is 274 g/mol. The van der Waals surface area contributed by atoms with Gasteiger partial charge < -0.3 is 9.64 Å². The second-order valence-corrected chi connectivity index (χ2v) is 5.61. The lowest BCUT2D eigenvalue weighted by Gasteiger charge is -2.20. The van der Waals surface area contributed by atoms with Gasteiger partial charge in [0.15, 0.2) is 0 Å². The minimum Gasteiger partial charge on any atom is -0.469 e. The predicted molar refractivity (Wildman–Crippen MR) is 81.8 cm³/mol. The van der Waals surface area contributed by atoms with Gasteiger partial charge in [0.25, 0.3) is 5.91 Å². The van der Waals surface area contributed by atoms with Gasteiger partial charge in [0.05, 0.1) is 13.0 Å². The fraction of sp³-hybridized carbons (Fsp3) is 0.467. The van der Waals surface area contributed by atoms with Crippen molar-refractivity contribution in [1.29, 1.82) is 0 Å². The zero-order chi connectivity index (χ0) is 15.1. The number of hydrogen-bond acceptors (Lipinski definition) is 4. The molecule has 1 aromatic carbocycles. The third kappa shape index (κ3) is 4.56. The van der Waals surface area contributed by atoms with Gasteiger partial charge in [-0.25, -0.2) is 0 Å². The highest BCUT2D eigenvalue weighted by atomic mass is 32.2. The summed E-state index contributed by atoms with van der Waals surface area (Å²) >= 11 is 1.74. The van der Waals surface area contributed by atoms with Gasteiger partial charge in [-0.15, -0.1) is 0 Å². The van der Waals surface area contributed by atoms with Gasteiger partial charge in [-0.2, -0.15) is 11.8 Å². The van der Waals surface area contributed by atoms with Crippen LogP contribution in [0.15, 0.2) is 24.3 Å². The first-order valence-electron chi connectivity index (χ1n) is 6.40. The SMILES string of the molecule is COC(=O)C(C)CN(C)C(=O)c1ccc(CSC)cc1. The van der Waals surface area contributed by atoms with Crippen LogP contribution >= 0.6 is 11.8 Å². The Balaban J connectivity index is 2.66. The summed E-state index contributed by atoms with van der Waals surface area (Å²) < 4.78 is 4.66. The molecule has 0 saturated carbocycles. The van der Waals surface area contributed by atoms with Crippen LogP contribution < -0.4 is 0 Å². The van der Waals surface area contributed by atoms with Crippen LogP contribution in [0.2, 0.25) is 0 Å². The van der Waals surface area contributed by atoms with Crippen LogP contribution in [0.25, 0.3) is 0 Å². The molecule has 110 valence electrons. The highest BCUT2D eigenvalue weighted by Crippen LogP contribution is 2.12. The van der Waals surface area contributed by atoms with Crippen molar-refractivity contribution in [2.45, 2.75) is 12.7 Å². The molecule has 0 spiro atoms. The number of amides is 1. The fourth-order valence-corrected chi connectivity index (χ4v) is 2.43. The standard InChI is InChI=1S/C15H21NO3S/c1-11(15(18)19-3)9-16(2)14(17)13-7-5-12(6-8-13)10-20-4/h5-8,11H,9-10H2,1-4H3. The molecule has 0 N–H and O–H groups in total. The molecule has 1 atom stereocenters. The van der Waals surface area contributed by atoms with Crippen LogP contribution in [0.1, 0.15) is 22.8 Å². The van der Waals surface area contributed by atoms with Crippen molar-refractivity contribution in [3.05, 3.63) is 35.4 Å². The first-order chi connectivity index (χ1) is 9.49. The first-order valence-corrected chi connectivity index (χ1v) is 7.80. The number of methoxy groups -OCH3 is 1. The second kappa shape index (κ2) is 7.94. The summed E-state index contributed by atoms with van der Waals surface area (Å²) in [5.41, 5.74) is 1.83. The van der Waals surface area contributed by atoms with Gasteiger partial charge in [-0.05, 0) is 24.0 Å². The molecule has 0 saturated heterocycles. The zero-order valence-electron chi connectivity index (χ0n) is 12.4. The zero-order valence-corrected chi connectivity index (χ0v) is 13.2. The largest absolute Gasteiger partial charge is 0.469 e. The maximum atomic E-state index is 12.2. The Morgan fingerprint density at radius 3 is 2.40 bits per heavy atom. The molecule has 20 heavy (non-hydrogen) atoms. The van der Waals surface area contributed by atoms with E-state index in [1.165, 1.54) is 12.7 Å². The highest BCUT2D eigenvalue weighted by molar-refractivity contribution is 7.97. The molecule has 4 nitrogen and oxygen atoms in total. The highest BCUT2D eigenvalue weighted by Gasteiger charge is 2.19. The summed E-state index contributed by atoms with van der Waals surface area (Å²) in [4.78, 5) is 25.1. The summed E-state index contributed by atoms with van der Waals surface area (Å²) in [6, 6.07) is 7.57. The molecular formula is C15H21NO3S. The predicted octanol–water partition coefficient (Wildman–Crippen LogP) is 2.43. The minimum atomic E-state index is -0.329. The molecule has 0 bridgehead atoms. The quantitative estimate of drug-likeness (QED) is 0.756. The van der Waals surface area contributed by atoms with E-state index in [0.717, 1.165) is 5.75 Å². The van der Waals surface area contributed by atoms with Crippen LogP contribution in [-0.2, 0) is 15.3 Å². The van der Waals surface area contributed by atoms with E-state index in [2.05, 4.69) is 4.74 Å². The van der Waals surface area contributed by atoms with Crippen molar-refractivity contribution in [3.63, 3.8) is 0 Å². The van der Waals surface area contributed by atoms with Crippen LogP contribution in [0.4, 0.5) is 0 Å². The third-order valence-electron chi connectivity index (χ3n) is 3.01. The molecule has 0 aliphatic rings. The average Bonchev–Trinajstić information content (AvgIpc) is 2.46. The summed E-state index contributed by atoms with van der Waals surface area (Å²) in [7, 11) is 3.04. The number of carbonyl (C=O) groups excluding carboxylic acids is 2. The molecule has 1 unspecified atom stereocenters. The van der Waals surface area contributed by atoms with E-state index in [1.54, 1.807) is 30.6 Å². The van der Waals surface area contributed by atoms with Crippen LogP contribution in [0, 0.1) is 5.92 Å². The average molecular weight is 295 g/mol. The number of esters is 1. The van der Waals surface area contributed by atoms with E-state index in [-0.39, 0.29) is 17.8 Å². The van der Waals surface area contributed by atoms with Crippen LogP contribution in [0.3, 0.4) is 0 Å². The minimum absolute atomic E-state index is 0.0866. The Labute approximate surface area is 124 Å². The van der Waals surface area contributed by atoms with Crippen LogP contribution in [0.5, 0.6) is 0 Å². The Morgan fingerprint density at radius 2 is 1.90 bits per heavy atom. The molecule has 0 heterocycles. The van der Waals surface area contributed by atoms with Gasteiger partial charge in [0.2, 0.25) is 0 Å². The van der Waals surface area contributed by atoms with E-state index in [4.69, 9.17) is 0 Å². The number of benzene rings is 1. The van der Waals surface area contributed by atoms with E-state index in [0.29, 0.717) is 12.1 Å². The Morgan fingerprint density at radius 1 is 1.30 bits per heavy atom. The van der Waals surface area contributed by atoms with Crippen molar-refractivity contribution < 1.29 is 14.3 Å². The lowest BCUT2D eigenvalue weighted by molar-refractivity contribution is -0.145. The lowest BCUT2D eigenvalue weighted by Crippen LogP contribution is -2.34. The van der Waals surface area contributed by atoms with Crippen molar-refractivity contribution in [1.82, 2.24) is 4.90 Å². The summed E-state index contributed by atoms with van der Waals surface area (Å²) in [5.74, 6) is 0.213. The van der Waals surface area contributed by atoms with Gasteiger partial charge in [-0.1, -0.05) is 19.1 Å². The van der Waals surface area contributed by atoms with E-state index in [9.17, 15) is 9.59 Å². The molecule has 5 heteroatoms. The number of hydrogen-bond donors (Lipinski definition) is 0. The lowest BCUT2D eigenvalue weighted by atomic mass is 10.1. The van der Waals surface area contributed by atoms with E-state index < -0.39 is 0 Å². The number of ether oxygens (including phenoxy) is 1. The number of nitrogens with zero attached hydrogens (tertiary/aromatic N) is 1. The van der Waals surface area contributed by atoms with E-state index >= 15 is 0 Å². The maximum absolute atomic E-state index is 12.2. The molecule has 0 aliphatic heterocycles. The Bertz CT molecular complexity index is 459. The molecule has 1 amide bonds. The fourth-order valence-electron chi connectivity index (χ4n) is 1.90. The smallest absolute Gasteiger partial charge is 0.310 e. The number of carbonyl (C=O) groups is 2.